The summed E-state index contributed by atoms with van der Waals surface area (Å²) in [4.78, 5) is 4.95. The molecule has 0 amide bonds. The van der Waals surface area contributed by atoms with E-state index in [0.717, 1.165) is 37.7 Å². The van der Waals surface area contributed by atoms with Crippen LogP contribution < -0.4 is 10.2 Å². The van der Waals surface area contributed by atoms with Gasteiger partial charge in [0.1, 0.15) is 0 Å². The van der Waals surface area contributed by atoms with Crippen LogP contribution in [-0.4, -0.2) is 53.9 Å². The summed E-state index contributed by atoms with van der Waals surface area (Å²) in [5, 5.41) is 9.21. The van der Waals surface area contributed by atoms with Crippen LogP contribution in [0.4, 0.5) is 11.5 Å². The Morgan fingerprint density at radius 3 is 2.48 bits per heavy atom. The summed E-state index contributed by atoms with van der Waals surface area (Å²) in [6.07, 6.45) is 0. The van der Waals surface area contributed by atoms with Crippen LogP contribution in [0.3, 0.4) is 0 Å². The number of piperazine rings is 1. The summed E-state index contributed by atoms with van der Waals surface area (Å²) in [5.41, 5.74) is 2.33. The van der Waals surface area contributed by atoms with Gasteiger partial charge in [0, 0.05) is 57.4 Å². The monoisotopic (exact) mass is 287 g/mol. The molecule has 2 aromatic rings. The molecule has 1 aliphatic rings. The van der Waals surface area contributed by atoms with Gasteiger partial charge in [0.2, 0.25) is 0 Å². The molecule has 3 rings (SSSR count). The molecule has 0 radical (unpaired) electrons. The van der Waals surface area contributed by atoms with Gasteiger partial charge in [-0.3, -0.25) is 9.58 Å². The Balaban J connectivity index is 1.90. The molecule has 0 spiro atoms. The van der Waals surface area contributed by atoms with Gasteiger partial charge in [-0.15, -0.1) is 0 Å². The molecule has 1 aliphatic heterocycles. The molecular formula is C16H25N5. The van der Waals surface area contributed by atoms with Crippen LogP contribution in [0.25, 0.3) is 10.9 Å². The number of nitrogens with one attached hydrogen (secondary N) is 1. The Morgan fingerprint density at radius 2 is 1.86 bits per heavy atom. The van der Waals surface area contributed by atoms with E-state index in [1.54, 1.807) is 0 Å². The molecule has 114 valence electrons. The van der Waals surface area contributed by atoms with Crippen LogP contribution in [0.1, 0.15) is 13.8 Å². The predicted molar refractivity (Wildman–Crippen MR) is 89.2 cm³/mol. The average molecular weight is 287 g/mol. The Hall–Kier alpha value is -1.75. The smallest absolute Gasteiger partial charge is 0.158 e. The first-order chi connectivity index (χ1) is 10.1. The van der Waals surface area contributed by atoms with Gasteiger partial charge in [0.25, 0.3) is 0 Å². The minimum absolute atomic E-state index is 0.628. The van der Waals surface area contributed by atoms with Crippen molar-refractivity contribution in [1.82, 2.24) is 14.7 Å². The fraction of sp³-hybridized carbons (Fsp3) is 0.562. The molecule has 1 N–H and O–H groups in total. The number of anilines is 2. The topological polar surface area (TPSA) is 36.3 Å². The fourth-order valence-electron chi connectivity index (χ4n) is 3.09. The van der Waals surface area contributed by atoms with Crippen molar-refractivity contribution in [2.75, 3.05) is 43.4 Å². The van der Waals surface area contributed by atoms with Gasteiger partial charge >= 0.3 is 0 Å². The second-order valence-corrected chi connectivity index (χ2v) is 6.05. The van der Waals surface area contributed by atoms with Crippen molar-refractivity contribution in [3.05, 3.63) is 18.2 Å². The Bertz CT molecular complexity index is 623. The summed E-state index contributed by atoms with van der Waals surface area (Å²) in [6.45, 7) is 8.86. The highest BCUT2D eigenvalue weighted by Gasteiger charge is 2.22. The summed E-state index contributed by atoms with van der Waals surface area (Å²) in [5.74, 6) is 1.12. The number of benzene rings is 1. The molecule has 0 bridgehead atoms. The molecule has 2 heterocycles. The molecule has 5 heteroatoms. The molecule has 0 saturated carbocycles. The fourth-order valence-corrected chi connectivity index (χ4v) is 3.09. The van der Waals surface area contributed by atoms with Gasteiger partial charge in [0.05, 0.1) is 5.52 Å². The molecule has 1 fully saturated rings. The minimum Gasteiger partial charge on any atom is -0.388 e. The molecule has 1 saturated heterocycles. The van der Waals surface area contributed by atoms with Crippen LogP contribution in [0, 0.1) is 0 Å². The van der Waals surface area contributed by atoms with E-state index in [0.29, 0.717) is 6.04 Å². The highest BCUT2D eigenvalue weighted by molar-refractivity contribution is 5.93. The lowest BCUT2D eigenvalue weighted by atomic mass is 10.2. The van der Waals surface area contributed by atoms with E-state index in [2.05, 4.69) is 47.2 Å². The van der Waals surface area contributed by atoms with E-state index in [9.17, 15) is 0 Å². The number of fused-ring (bicyclic) bond motifs is 1. The van der Waals surface area contributed by atoms with Gasteiger partial charge in [0.15, 0.2) is 5.82 Å². The number of aromatic nitrogens is 2. The van der Waals surface area contributed by atoms with Crippen molar-refractivity contribution in [2.45, 2.75) is 19.9 Å². The quantitative estimate of drug-likeness (QED) is 0.938. The highest BCUT2D eigenvalue weighted by atomic mass is 15.4. The number of nitrogens with zero attached hydrogens (tertiary/aromatic N) is 4. The lowest BCUT2D eigenvalue weighted by Gasteiger charge is -2.37. The van der Waals surface area contributed by atoms with E-state index < -0.39 is 0 Å². The van der Waals surface area contributed by atoms with E-state index >= 15 is 0 Å². The maximum Gasteiger partial charge on any atom is 0.158 e. The molecule has 5 nitrogen and oxygen atoms in total. The number of hydrogen-bond acceptors (Lipinski definition) is 4. The summed E-state index contributed by atoms with van der Waals surface area (Å²) < 4.78 is 1.99. The summed E-state index contributed by atoms with van der Waals surface area (Å²) >= 11 is 0. The van der Waals surface area contributed by atoms with Crippen molar-refractivity contribution in [3.8, 4) is 0 Å². The SMILES string of the molecule is CNc1ccc2c(c1)c(N1CCN(C(C)C)CC1)nn2C. The second kappa shape index (κ2) is 5.56. The van der Waals surface area contributed by atoms with Crippen LogP contribution >= 0.6 is 0 Å². The molecule has 1 aromatic heterocycles. The Morgan fingerprint density at radius 1 is 1.14 bits per heavy atom. The maximum absolute atomic E-state index is 4.76. The minimum atomic E-state index is 0.628. The van der Waals surface area contributed by atoms with Gasteiger partial charge in [-0.2, -0.15) is 5.10 Å². The third-order valence-corrected chi connectivity index (χ3v) is 4.46. The summed E-state index contributed by atoms with van der Waals surface area (Å²) in [7, 11) is 3.98. The average Bonchev–Trinajstić information content (AvgIpc) is 2.84. The Kier molecular flexibility index (Phi) is 3.76. The number of hydrogen-bond donors (Lipinski definition) is 1. The third kappa shape index (κ3) is 2.58. The van der Waals surface area contributed by atoms with Crippen molar-refractivity contribution < 1.29 is 0 Å². The zero-order valence-electron chi connectivity index (χ0n) is 13.4. The molecular weight excluding hydrogens is 262 g/mol. The van der Waals surface area contributed by atoms with Gasteiger partial charge in [-0.05, 0) is 32.0 Å². The lowest BCUT2D eigenvalue weighted by molar-refractivity contribution is 0.209. The number of aryl methyl sites for hydroxylation is 1. The van der Waals surface area contributed by atoms with Crippen LogP contribution in [-0.2, 0) is 7.05 Å². The first-order valence-corrected chi connectivity index (χ1v) is 7.73. The van der Waals surface area contributed by atoms with E-state index in [-0.39, 0.29) is 0 Å². The van der Waals surface area contributed by atoms with Crippen molar-refractivity contribution in [3.63, 3.8) is 0 Å². The lowest BCUT2D eigenvalue weighted by Crippen LogP contribution is -2.49. The molecule has 0 unspecified atom stereocenters. The summed E-state index contributed by atoms with van der Waals surface area (Å²) in [6, 6.07) is 7.07. The van der Waals surface area contributed by atoms with Crippen molar-refractivity contribution in [1.29, 1.82) is 0 Å². The van der Waals surface area contributed by atoms with Crippen LogP contribution in [0.5, 0.6) is 0 Å². The standard InChI is InChI=1S/C16H25N5/c1-12(2)20-7-9-21(10-8-20)16-14-11-13(17-3)5-6-15(14)19(4)18-16/h5-6,11-12,17H,7-10H2,1-4H3. The largest absolute Gasteiger partial charge is 0.388 e. The van der Waals surface area contributed by atoms with Gasteiger partial charge in [-0.25, -0.2) is 0 Å². The van der Waals surface area contributed by atoms with Gasteiger partial charge < -0.3 is 10.2 Å². The van der Waals surface area contributed by atoms with E-state index in [1.807, 2.05) is 18.8 Å². The van der Waals surface area contributed by atoms with E-state index in [4.69, 9.17) is 5.10 Å². The van der Waals surface area contributed by atoms with Crippen molar-refractivity contribution in [2.24, 2.45) is 7.05 Å². The zero-order chi connectivity index (χ0) is 15.0. The maximum atomic E-state index is 4.76. The van der Waals surface area contributed by atoms with Crippen LogP contribution in [0.2, 0.25) is 0 Å². The molecule has 1 aromatic carbocycles. The van der Waals surface area contributed by atoms with Crippen molar-refractivity contribution >= 4 is 22.4 Å². The third-order valence-electron chi connectivity index (χ3n) is 4.46. The molecule has 0 atom stereocenters. The molecule has 21 heavy (non-hydrogen) atoms. The van der Waals surface area contributed by atoms with Crippen LogP contribution in [0.15, 0.2) is 18.2 Å². The first-order valence-electron chi connectivity index (χ1n) is 7.73. The molecule has 0 aliphatic carbocycles. The highest BCUT2D eigenvalue weighted by Crippen LogP contribution is 2.29. The first kappa shape index (κ1) is 14.2. The number of rotatable bonds is 3. The van der Waals surface area contributed by atoms with Gasteiger partial charge in [-0.1, -0.05) is 0 Å². The Labute approximate surface area is 126 Å². The normalized spacial score (nSPS) is 16.9. The predicted octanol–water partition coefficient (Wildman–Crippen LogP) is 2.15. The zero-order valence-corrected chi connectivity index (χ0v) is 13.4. The van der Waals surface area contributed by atoms with E-state index in [1.165, 1.54) is 10.9 Å². The second-order valence-electron chi connectivity index (χ2n) is 6.05.